The number of anilines is 2. The lowest BCUT2D eigenvalue weighted by molar-refractivity contribution is 0.963. The summed E-state index contributed by atoms with van der Waals surface area (Å²) in [4.78, 5) is 16.2. The standard InChI is InChI=1S/C36H25N5/c1-37-29-14-5-7-17-31(29)40-23-25-10-2-3-12-26(25)35-32(40)19-20-33-36(35)27-13-4-6-16-30(27)41(33)34-18-8-15-28(39-34)24-11-9-21-38-22-24/h2-22H,1,23H2. The Morgan fingerprint density at radius 2 is 1.56 bits per heavy atom. The fraction of sp³-hybridized carbons (Fsp3) is 0.0278. The second kappa shape index (κ2) is 9.28. The van der Waals surface area contributed by atoms with Crippen LogP contribution in [0.2, 0.25) is 0 Å². The Labute approximate surface area is 237 Å². The molecule has 3 aromatic heterocycles. The molecule has 5 nitrogen and oxygen atoms in total. The van der Waals surface area contributed by atoms with E-state index in [1.165, 1.54) is 27.5 Å². The van der Waals surface area contributed by atoms with Gasteiger partial charge in [-0.1, -0.05) is 60.7 Å². The summed E-state index contributed by atoms with van der Waals surface area (Å²) < 4.78 is 2.28. The lowest BCUT2D eigenvalue weighted by atomic mass is 9.89. The average Bonchev–Trinajstić information content (AvgIpc) is 3.39. The topological polar surface area (TPSA) is 46.3 Å². The third-order valence-electron chi connectivity index (χ3n) is 7.99. The van der Waals surface area contributed by atoms with Crippen LogP contribution in [0, 0.1) is 0 Å². The highest BCUT2D eigenvalue weighted by Gasteiger charge is 2.28. The van der Waals surface area contributed by atoms with Gasteiger partial charge in [-0.25, -0.2) is 4.98 Å². The van der Waals surface area contributed by atoms with Crippen molar-refractivity contribution >= 4 is 45.6 Å². The molecule has 0 spiro atoms. The van der Waals surface area contributed by atoms with E-state index in [-0.39, 0.29) is 0 Å². The second-order valence-corrected chi connectivity index (χ2v) is 10.2. The highest BCUT2D eigenvalue weighted by molar-refractivity contribution is 6.19. The molecule has 5 heteroatoms. The van der Waals surface area contributed by atoms with Gasteiger partial charge in [0, 0.05) is 40.8 Å². The number of fused-ring (bicyclic) bond motifs is 7. The monoisotopic (exact) mass is 527 g/mol. The Hall–Kier alpha value is -5.55. The predicted octanol–water partition coefficient (Wildman–Crippen LogP) is 8.89. The van der Waals surface area contributed by atoms with Crippen LogP contribution in [0.25, 0.3) is 50.0 Å². The molecule has 0 atom stereocenters. The van der Waals surface area contributed by atoms with E-state index in [4.69, 9.17) is 4.98 Å². The van der Waals surface area contributed by atoms with Crippen LogP contribution < -0.4 is 4.90 Å². The quantitative estimate of drug-likeness (QED) is 0.215. The van der Waals surface area contributed by atoms with Crippen molar-refractivity contribution in [2.75, 3.05) is 4.90 Å². The first kappa shape index (κ1) is 23.3. The van der Waals surface area contributed by atoms with Crippen LogP contribution in [0.4, 0.5) is 17.1 Å². The molecular formula is C36H25N5. The lowest BCUT2D eigenvalue weighted by Crippen LogP contribution is -2.21. The van der Waals surface area contributed by atoms with Crippen molar-refractivity contribution in [3.05, 3.63) is 133 Å². The number of benzene rings is 4. The minimum absolute atomic E-state index is 0.758. The maximum atomic E-state index is 5.12. The molecule has 0 saturated heterocycles. The van der Waals surface area contributed by atoms with E-state index < -0.39 is 0 Å². The zero-order chi connectivity index (χ0) is 27.3. The summed E-state index contributed by atoms with van der Waals surface area (Å²) in [6, 6.07) is 40.2. The van der Waals surface area contributed by atoms with Crippen LogP contribution in [-0.2, 0) is 6.54 Å². The molecule has 7 aromatic rings. The summed E-state index contributed by atoms with van der Waals surface area (Å²) in [5, 5.41) is 2.41. The van der Waals surface area contributed by atoms with E-state index in [1.807, 2.05) is 36.5 Å². The lowest BCUT2D eigenvalue weighted by Gasteiger charge is -2.34. The average molecular weight is 528 g/mol. The number of nitrogens with zero attached hydrogens (tertiary/aromatic N) is 5. The Kier molecular flexibility index (Phi) is 5.28. The molecule has 8 rings (SSSR count). The van der Waals surface area contributed by atoms with Gasteiger partial charge in [0.25, 0.3) is 0 Å². The number of hydrogen-bond acceptors (Lipinski definition) is 4. The van der Waals surface area contributed by atoms with Crippen LogP contribution in [0.1, 0.15) is 5.56 Å². The summed E-state index contributed by atoms with van der Waals surface area (Å²) in [6.45, 7) is 4.61. The molecule has 41 heavy (non-hydrogen) atoms. The smallest absolute Gasteiger partial charge is 0.138 e. The van der Waals surface area contributed by atoms with Crippen LogP contribution in [0.3, 0.4) is 0 Å². The van der Waals surface area contributed by atoms with Gasteiger partial charge in [-0.05, 0) is 72.4 Å². The van der Waals surface area contributed by atoms with Crippen LogP contribution in [0.15, 0.2) is 133 Å². The molecule has 1 aliphatic heterocycles. The van der Waals surface area contributed by atoms with Gasteiger partial charge >= 0.3 is 0 Å². The van der Waals surface area contributed by atoms with Gasteiger partial charge in [-0.3, -0.25) is 14.5 Å². The fourth-order valence-corrected chi connectivity index (χ4v) is 6.22. The van der Waals surface area contributed by atoms with Crippen LogP contribution in [0.5, 0.6) is 0 Å². The fourth-order valence-electron chi connectivity index (χ4n) is 6.22. The first-order valence-corrected chi connectivity index (χ1v) is 13.7. The van der Waals surface area contributed by atoms with Crippen molar-refractivity contribution in [3.63, 3.8) is 0 Å². The van der Waals surface area contributed by atoms with Crippen molar-refractivity contribution in [2.24, 2.45) is 4.99 Å². The van der Waals surface area contributed by atoms with Crippen LogP contribution >= 0.6 is 0 Å². The molecule has 0 aliphatic carbocycles. The molecule has 0 fully saturated rings. The summed E-state index contributed by atoms with van der Waals surface area (Å²) in [5.74, 6) is 0.875. The zero-order valence-corrected chi connectivity index (χ0v) is 22.3. The SMILES string of the molecule is C=Nc1ccccc1N1Cc2ccccc2-c2c1ccc1c2c2ccccc2n1-c1cccc(-c2cccnc2)n1. The molecule has 4 aromatic carbocycles. The third kappa shape index (κ3) is 3.60. The van der Waals surface area contributed by atoms with Gasteiger partial charge in [0.1, 0.15) is 5.82 Å². The number of hydrogen-bond donors (Lipinski definition) is 0. The number of rotatable bonds is 4. The highest BCUT2D eigenvalue weighted by Crippen LogP contribution is 2.50. The van der Waals surface area contributed by atoms with Crippen LogP contribution in [-0.4, -0.2) is 21.3 Å². The molecule has 194 valence electrons. The van der Waals surface area contributed by atoms with Gasteiger partial charge in [0.2, 0.25) is 0 Å². The van der Waals surface area contributed by atoms with Gasteiger partial charge in [0.05, 0.1) is 33.8 Å². The van der Waals surface area contributed by atoms with E-state index >= 15 is 0 Å². The van der Waals surface area contributed by atoms with Crippen molar-refractivity contribution in [3.8, 4) is 28.2 Å². The highest BCUT2D eigenvalue weighted by atomic mass is 15.2. The second-order valence-electron chi connectivity index (χ2n) is 10.2. The largest absolute Gasteiger partial charge is 0.335 e. The molecule has 0 N–H and O–H groups in total. The number of aliphatic imine (C=N–C) groups is 1. The van der Waals surface area contributed by atoms with Gasteiger partial charge < -0.3 is 4.90 Å². The maximum Gasteiger partial charge on any atom is 0.138 e. The normalized spacial score (nSPS) is 12.3. The van der Waals surface area contributed by atoms with Crippen molar-refractivity contribution in [1.29, 1.82) is 0 Å². The Morgan fingerprint density at radius 3 is 2.46 bits per heavy atom. The van der Waals surface area contributed by atoms with Gasteiger partial charge in [-0.15, -0.1) is 0 Å². The first-order valence-electron chi connectivity index (χ1n) is 13.7. The summed E-state index contributed by atoms with van der Waals surface area (Å²) in [6.07, 6.45) is 3.64. The van der Waals surface area contributed by atoms with Crippen molar-refractivity contribution < 1.29 is 0 Å². The van der Waals surface area contributed by atoms with E-state index in [2.05, 4.69) is 111 Å². The Balaban J connectivity index is 1.45. The van der Waals surface area contributed by atoms with Crippen molar-refractivity contribution in [2.45, 2.75) is 6.54 Å². The zero-order valence-electron chi connectivity index (χ0n) is 22.3. The summed E-state index contributed by atoms with van der Waals surface area (Å²) >= 11 is 0. The third-order valence-corrected chi connectivity index (χ3v) is 7.99. The van der Waals surface area contributed by atoms with Crippen molar-refractivity contribution in [1.82, 2.24) is 14.5 Å². The van der Waals surface area contributed by atoms with E-state index in [9.17, 15) is 0 Å². The number of pyridine rings is 2. The van der Waals surface area contributed by atoms with Gasteiger partial charge in [-0.2, -0.15) is 0 Å². The first-order chi connectivity index (χ1) is 20.3. The van der Waals surface area contributed by atoms with E-state index in [1.54, 1.807) is 6.20 Å². The maximum absolute atomic E-state index is 5.12. The number of para-hydroxylation sites is 3. The Morgan fingerprint density at radius 1 is 0.707 bits per heavy atom. The molecule has 0 bridgehead atoms. The summed E-state index contributed by atoms with van der Waals surface area (Å²) in [7, 11) is 0. The summed E-state index contributed by atoms with van der Waals surface area (Å²) in [5.41, 5.74) is 11.0. The molecule has 0 saturated carbocycles. The molecule has 0 radical (unpaired) electrons. The minimum Gasteiger partial charge on any atom is -0.335 e. The minimum atomic E-state index is 0.758. The van der Waals surface area contributed by atoms with Gasteiger partial charge in [0.15, 0.2) is 0 Å². The predicted molar refractivity (Wildman–Crippen MR) is 169 cm³/mol. The number of aromatic nitrogens is 3. The Bertz CT molecular complexity index is 2110. The molecule has 0 amide bonds. The molecular weight excluding hydrogens is 502 g/mol. The van der Waals surface area contributed by atoms with E-state index in [0.29, 0.717) is 0 Å². The molecule has 4 heterocycles. The molecule has 1 aliphatic rings. The molecule has 0 unspecified atom stereocenters. The van der Waals surface area contributed by atoms with E-state index in [0.717, 1.165) is 51.7 Å².